The second-order valence-electron chi connectivity index (χ2n) is 6.19. The predicted molar refractivity (Wildman–Crippen MR) is 83.5 cm³/mol. The van der Waals surface area contributed by atoms with Gasteiger partial charge in [0.1, 0.15) is 0 Å². The number of hydrogen-bond acceptors (Lipinski definition) is 4. The van der Waals surface area contributed by atoms with Gasteiger partial charge in [-0.2, -0.15) is 0 Å². The molecule has 1 aliphatic rings. The molecule has 1 aromatic carbocycles. The maximum absolute atomic E-state index is 10.8. The highest BCUT2D eigenvalue weighted by atomic mass is 16.6. The molecule has 2 rings (SSSR count). The standard InChI is InChI=1S/C16H24N2O3/c1-3-13-6-8-16(19,9-7-13)11-17-14-4-5-15(18(20)21)12(2)10-14/h4-5,10,13,17,19H,3,6-9,11H2,1-2H3. The Kier molecular flexibility index (Phi) is 4.83. The van der Waals surface area contributed by atoms with Gasteiger partial charge in [-0.05, 0) is 50.7 Å². The van der Waals surface area contributed by atoms with Crippen LogP contribution in [-0.2, 0) is 0 Å². The topological polar surface area (TPSA) is 75.4 Å². The number of benzene rings is 1. The minimum Gasteiger partial charge on any atom is -0.388 e. The fraction of sp³-hybridized carbons (Fsp3) is 0.625. The van der Waals surface area contributed by atoms with E-state index in [0.717, 1.165) is 37.3 Å². The summed E-state index contributed by atoms with van der Waals surface area (Å²) >= 11 is 0. The zero-order valence-electron chi connectivity index (χ0n) is 12.8. The zero-order chi connectivity index (χ0) is 15.5. The minimum atomic E-state index is -0.651. The number of rotatable bonds is 5. The van der Waals surface area contributed by atoms with Crippen molar-refractivity contribution in [1.29, 1.82) is 0 Å². The third-order valence-corrected chi connectivity index (χ3v) is 4.63. The summed E-state index contributed by atoms with van der Waals surface area (Å²) in [5, 5.41) is 24.6. The van der Waals surface area contributed by atoms with Crippen LogP contribution in [0.15, 0.2) is 18.2 Å². The van der Waals surface area contributed by atoms with Crippen molar-refractivity contribution in [3.63, 3.8) is 0 Å². The lowest BCUT2D eigenvalue weighted by molar-refractivity contribution is -0.385. The first-order chi connectivity index (χ1) is 9.93. The molecule has 0 radical (unpaired) electrons. The molecule has 2 N–H and O–H groups in total. The van der Waals surface area contributed by atoms with E-state index in [1.165, 1.54) is 12.5 Å². The molecule has 0 spiro atoms. The van der Waals surface area contributed by atoms with Crippen molar-refractivity contribution in [2.45, 2.75) is 51.6 Å². The summed E-state index contributed by atoms with van der Waals surface area (Å²) in [4.78, 5) is 10.4. The van der Waals surface area contributed by atoms with Crippen molar-refractivity contribution in [3.8, 4) is 0 Å². The molecule has 0 aromatic heterocycles. The van der Waals surface area contributed by atoms with Crippen molar-refractivity contribution in [2.75, 3.05) is 11.9 Å². The van der Waals surface area contributed by atoms with Crippen molar-refractivity contribution in [1.82, 2.24) is 0 Å². The third-order valence-electron chi connectivity index (χ3n) is 4.63. The second-order valence-corrected chi connectivity index (χ2v) is 6.19. The fourth-order valence-electron chi connectivity index (χ4n) is 3.04. The molecule has 1 fully saturated rings. The van der Waals surface area contributed by atoms with Crippen LogP contribution in [0.25, 0.3) is 0 Å². The van der Waals surface area contributed by atoms with E-state index in [1.807, 2.05) is 0 Å². The molecule has 116 valence electrons. The molecule has 0 heterocycles. The van der Waals surface area contributed by atoms with Crippen LogP contribution in [0.1, 0.15) is 44.6 Å². The van der Waals surface area contributed by atoms with Crippen LogP contribution in [0.3, 0.4) is 0 Å². The monoisotopic (exact) mass is 292 g/mol. The van der Waals surface area contributed by atoms with Gasteiger partial charge in [0.2, 0.25) is 0 Å². The van der Waals surface area contributed by atoms with Crippen molar-refractivity contribution in [3.05, 3.63) is 33.9 Å². The van der Waals surface area contributed by atoms with Crippen LogP contribution in [0, 0.1) is 23.0 Å². The first kappa shape index (κ1) is 15.8. The van der Waals surface area contributed by atoms with Gasteiger partial charge in [-0.3, -0.25) is 10.1 Å². The fourth-order valence-corrected chi connectivity index (χ4v) is 3.04. The van der Waals surface area contributed by atoms with Gasteiger partial charge in [0.05, 0.1) is 10.5 Å². The molecule has 0 unspecified atom stereocenters. The molecule has 21 heavy (non-hydrogen) atoms. The number of nitrogens with zero attached hydrogens (tertiary/aromatic N) is 1. The van der Waals surface area contributed by atoms with E-state index >= 15 is 0 Å². The highest BCUT2D eigenvalue weighted by Crippen LogP contribution is 2.34. The molecular formula is C16H24N2O3. The van der Waals surface area contributed by atoms with Crippen LogP contribution in [0.2, 0.25) is 0 Å². The first-order valence-electron chi connectivity index (χ1n) is 7.65. The largest absolute Gasteiger partial charge is 0.388 e. The normalized spacial score (nSPS) is 25.6. The molecule has 5 heteroatoms. The van der Waals surface area contributed by atoms with Crippen LogP contribution in [0.5, 0.6) is 0 Å². The smallest absolute Gasteiger partial charge is 0.272 e. The summed E-state index contributed by atoms with van der Waals surface area (Å²) in [6, 6.07) is 4.97. The molecule has 1 aliphatic carbocycles. The molecule has 0 atom stereocenters. The van der Waals surface area contributed by atoms with Crippen LogP contribution in [0.4, 0.5) is 11.4 Å². The van der Waals surface area contributed by atoms with Crippen LogP contribution in [-0.4, -0.2) is 22.2 Å². The second kappa shape index (κ2) is 6.43. The maximum atomic E-state index is 10.8. The summed E-state index contributed by atoms with van der Waals surface area (Å²) < 4.78 is 0. The molecule has 0 aliphatic heterocycles. The Labute approximate surface area is 125 Å². The summed E-state index contributed by atoms with van der Waals surface area (Å²) in [5.41, 5.74) is 0.931. The summed E-state index contributed by atoms with van der Waals surface area (Å²) in [6.07, 6.45) is 4.99. The molecule has 5 nitrogen and oxygen atoms in total. The summed E-state index contributed by atoms with van der Waals surface area (Å²) in [6.45, 7) is 4.43. The lowest BCUT2D eigenvalue weighted by atomic mass is 9.78. The Balaban J connectivity index is 1.94. The Morgan fingerprint density at radius 3 is 2.62 bits per heavy atom. The van der Waals surface area contributed by atoms with E-state index in [-0.39, 0.29) is 10.6 Å². The van der Waals surface area contributed by atoms with Crippen LogP contribution >= 0.6 is 0 Å². The van der Waals surface area contributed by atoms with Gasteiger partial charge in [0.15, 0.2) is 0 Å². The van der Waals surface area contributed by atoms with E-state index in [9.17, 15) is 15.2 Å². The van der Waals surface area contributed by atoms with Crippen molar-refractivity contribution < 1.29 is 10.0 Å². The van der Waals surface area contributed by atoms with Gasteiger partial charge >= 0.3 is 0 Å². The van der Waals surface area contributed by atoms with Gasteiger partial charge < -0.3 is 10.4 Å². The predicted octanol–water partition coefficient (Wildman–Crippen LogP) is 3.65. The Morgan fingerprint density at radius 2 is 2.10 bits per heavy atom. The van der Waals surface area contributed by atoms with Gasteiger partial charge in [-0.1, -0.05) is 13.3 Å². The highest BCUT2D eigenvalue weighted by molar-refractivity contribution is 5.53. The van der Waals surface area contributed by atoms with E-state index < -0.39 is 5.60 Å². The number of nitro benzene ring substituents is 1. The van der Waals surface area contributed by atoms with Crippen molar-refractivity contribution >= 4 is 11.4 Å². The lowest BCUT2D eigenvalue weighted by Gasteiger charge is -2.36. The van der Waals surface area contributed by atoms with E-state index in [1.54, 1.807) is 19.1 Å². The Morgan fingerprint density at radius 1 is 1.43 bits per heavy atom. The van der Waals surface area contributed by atoms with Gasteiger partial charge in [0.25, 0.3) is 5.69 Å². The number of nitro groups is 1. The molecule has 0 saturated heterocycles. The average molecular weight is 292 g/mol. The van der Waals surface area contributed by atoms with Crippen LogP contribution < -0.4 is 5.32 Å². The summed E-state index contributed by atoms with van der Waals surface area (Å²) in [5.74, 6) is 0.742. The molecule has 0 amide bonds. The lowest BCUT2D eigenvalue weighted by Crippen LogP contribution is -2.40. The maximum Gasteiger partial charge on any atom is 0.272 e. The number of nitrogens with one attached hydrogen (secondary N) is 1. The van der Waals surface area contributed by atoms with E-state index in [2.05, 4.69) is 12.2 Å². The number of aliphatic hydroxyl groups is 1. The highest BCUT2D eigenvalue weighted by Gasteiger charge is 2.32. The minimum absolute atomic E-state index is 0.128. The quantitative estimate of drug-likeness (QED) is 0.641. The van der Waals surface area contributed by atoms with Gasteiger partial charge in [0, 0.05) is 23.9 Å². The molecule has 0 bridgehead atoms. The molecular weight excluding hydrogens is 268 g/mol. The van der Waals surface area contributed by atoms with E-state index in [4.69, 9.17) is 0 Å². The third kappa shape index (κ3) is 3.94. The zero-order valence-corrected chi connectivity index (χ0v) is 12.8. The Bertz CT molecular complexity index is 508. The number of anilines is 1. The van der Waals surface area contributed by atoms with E-state index in [0.29, 0.717) is 12.1 Å². The number of hydrogen-bond donors (Lipinski definition) is 2. The number of aryl methyl sites for hydroxylation is 1. The average Bonchev–Trinajstić information content (AvgIpc) is 2.46. The molecule has 1 saturated carbocycles. The summed E-state index contributed by atoms with van der Waals surface area (Å²) in [7, 11) is 0. The first-order valence-corrected chi connectivity index (χ1v) is 7.65. The van der Waals surface area contributed by atoms with Gasteiger partial charge in [-0.15, -0.1) is 0 Å². The van der Waals surface area contributed by atoms with Gasteiger partial charge in [-0.25, -0.2) is 0 Å². The molecule has 1 aromatic rings. The SMILES string of the molecule is CCC1CCC(O)(CNc2ccc([N+](=O)[O-])c(C)c2)CC1. The van der Waals surface area contributed by atoms with Crippen molar-refractivity contribution in [2.24, 2.45) is 5.92 Å². The Hall–Kier alpha value is -1.62.